The standard InChI is InChI=1S/C5H6N2O4S/c8-12(9,10)4-11-5-6-2-1-3-7-5/h1-3H,4H2,(H,8,9,10). The van der Waals surface area contributed by atoms with Gasteiger partial charge in [0.2, 0.25) is 5.94 Å². The number of aromatic nitrogens is 2. The van der Waals surface area contributed by atoms with Gasteiger partial charge in [0.25, 0.3) is 0 Å². The van der Waals surface area contributed by atoms with Gasteiger partial charge in [-0.1, -0.05) is 0 Å². The van der Waals surface area contributed by atoms with Gasteiger partial charge in [-0.3, -0.25) is 4.55 Å². The summed E-state index contributed by atoms with van der Waals surface area (Å²) in [4.78, 5) is 7.15. The minimum atomic E-state index is -4.12. The Kier molecular flexibility index (Phi) is 2.56. The fourth-order valence-electron chi connectivity index (χ4n) is 0.487. The normalized spacial score (nSPS) is 11.1. The smallest absolute Gasteiger partial charge is 0.317 e. The summed E-state index contributed by atoms with van der Waals surface area (Å²) in [5.41, 5.74) is 0. The molecule has 0 spiro atoms. The lowest BCUT2D eigenvalue weighted by atomic mass is 10.7. The Morgan fingerprint density at radius 3 is 2.50 bits per heavy atom. The molecule has 1 aromatic rings. The van der Waals surface area contributed by atoms with Crippen LogP contribution in [0.5, 0.6) is 6.01 Å². The van der Waals surface area contributed by atoms with E-state index in [1.54, 1.807) is 6.07 Å². The third kappa shape index (κ3) is 3.26. The van der Waals surface area contributed by atoms with Gasteiger partial charge in [0.15, 0.2) is 0 Å². The van der Waals surface area contributed by atoms with E-state index in [1.807, 2.05) is 0 Å². The number of hydrogen-bond acceptors (Lipinski definition) is 5. The Labute approximate surface area is 69.0 Å². The van der Waals surface area contributed by atoms with E-state index < -0.39 is 16.1 Å². The number of hydrogen-bond donors (Lipinski definition) is 1. The topological polar surface area (TPSA) is 89.4 Å². The molecule has 7 heteroatoms. The van der Waals surface area contributed by atoms with Crippen LogP contribution in [0.1, 0.15) is 0 Å². The molecule has 0 bridgehead atoms. The van der Waals surface area contributed by atoms with Crippen molar-refractivity contribution >= 4 is 10.1 Å². The first-order chi connectivity index (χ1) is 5.58. The van der Waals surface area contributed by atoms with Crippen molar-refractivity contribution in [2.75, 3.05) is 5.94 Å². The monoisotopic (exact) mass is 190 g/mol. The summed E-state index contributed by atoms with van der Waals surface area (Å²) in [6, 6.07) is 1.47. The third-order valence-electron chi connectivity index (χ3n) is 0.879. The van der Waals surface area contributed by atoms with Crippen molar-refractivity contribution in [1.29, 1.82) is 0 Å². The van der Waals surface area contributed by atoms with Crippen LogP contribution in [0, 0.1) is 0 Å². The van der Waals surface area contributed by atoms with Crippen LogP contribution < -0.4 is 4.74 Å². The number of rotatable bonds is 3. The second kappa shape index (κ2) is 3.46. The highest BCUT2D eigenvalue weighted by Crippen LogP contribution is 1.97. The molecule has 0 saturated heterocycles. The maximum absolute atomic E-state index is 10.2. The minimum absolute atomic E-state index is 0.0878. The molecule has 0 aliphatic rings. The SMILES string of the molecule is O=S(=O)(O)COc1ncccn1. The largest absolute Gasteiger partial charge is 0.444 e. The Hall–Kier alpha value is -1.21. The first kappa shape index (κ1) is 8.88. The molecule has 0 atom stereocenters. The molecule has 0 unspecified atom stereocenters. The summed E-state index contributed by atoms with van der Waals surface area (Å²) in [5.74, 6) is -0.836. The number of ether oxygens (including phenoxy) is 1. The average molecular weight is 190 g/mol. The van der Waals surface area contributed by atoms with Crippen molar-refractivity contribution in [3.05, 3.63) is 18.5 Å². The predicted molar refractivity (Wildman–Crippen MR) is 39.1 cm³/mol. The Bertz CT molecular complexity index is 336. The molecule has 0 aromatic carbocycles. The van der Waals surface area contributed by atoms with Gasteiger partial charge in [-0.2, -0.15) is 8.42 Å². The van der Waals surface area contributed by atoms with Crippen LogP contribution in [0.15, 0.2) is 18.5 Å². The molecule has 0 amide bonds. The highest BCUT2D eigenvalue weighted by atomic mass is 32.2. The molecular formula is C5H6N2O4S. The first-order valence-electron chi connectivity index (χ1n) is 2.93. The molecule has 0 radical (unpaired) electrons. The summed E-state index contributed by atoms with van der Waals surface area (Å²) in [7, 11) is -4.12. The Balaban J connectivity index is 2.56. The third-order valence-corrected chi connectivity index (χ3v) is 1.29. The van der Waals surface area contributed by atoms with Gasteiger partial charge >= 0.3 is 16.1 Å². The maximum atomic E-state index is 10.2. The van der Waals surface area contributed by atoms with Crippen molar-refractivity contribution in [3.63, 3.8) is 0 Å². The molecule has 1 aromatic heterocycles. The quantitative estimate of drug-likeness (QED) is 0.658. The van der Waals surface area contributed by atoms with Crippen LogP contribution >= 0.6 is 0 Å². The second-order valence-corrected chi connectivity index (χ2v) is 3.27. The van der Waals surface area contributed by atoms with Gasteiger partial charge in [0.1, 0.15) is 0 Å². The zero-order valence-electron chi connectivity index (χ0n) is 5.91. The van der Waals surface area contributed by atoms with Crippen molar-refractivity contribution < 1.29 is 17.7 Å². The van der Waals surface area contributed by atoms with Gasteiger partial charge in [-0.25, -0.2) is 9.97 Å². The van der Waals surface area contributed by atoms with E-state index in [-0.39, 0.29) is 6.01 Å². The van der Waals surface area contributed by atoms with Crippen molar-refractivity contribution in [1.82, 2.24) is 9.97 Å². The van der Waals surface area contributed by atoms with E-state index in [0.29, 0.717) is 0 Å². The predicted octanol–water partition coefficient (Wildman–Crippen LogP) is -0.299. The van der Waals surface area contributed by atoms with Gasteiger partial charge < -0.3 is 4.74 Å². The first-order valence-corrected chi connectivity index (χ1v) is 4.54. The molecular weight excluding hydrogens is 184 g/mol. The van der Waals surface area contributed by atoms with E-state index in [2.05, 4.69) is 14.7 Å². The lowest BCUT2D eigenvalue weighted by Gasteiger charge is -1.99. The van der Waals surface area contributed by atoms with Crippen LogP contribution in [0.4, 0.5) is 0 Å². The second-order valence-electron chi connectivity index (χ2n) is 1.88. The van der Waals surface area contributed by atoms with Gasteiger partial charge in [0, 0.05) is 12.4 Å². The zero-order valence-corrected chi connectivity index (χ0v) is 6.73. The highest BCUT2D eigenvalue weighted by Gasteiger charge is 2.05. The molecule has 12 heavy (non-hydrogen) atoms. The number of nitrogens with zero attached hydrogens (tertiary/aromatic N) is 2. The lowest BCUT2D eigenvalue weighted by molar-refractivity contribution is 0.328. The molecule has 1 heterocycles. The molecule has 0 aliphatic heterocycles. The van der Waals surface area contributed by atoms with Gasteiger partial charge in [0.05, 0.1) is 0 Å². The average Bonchev–Trinajstić information content (AvgIpc) is 2.02. The van der Waals surface area contributed by atoms with Crippen molar-refractivity contribution in [2.45, 2.75) is 0 Å². The fraction of sp³-hybridized carbons (Fsp3) is 0.200. The molecule has 1 N–H and O–H groups in total. The minimum Gasteiger partial charge on any atom is -0.444 e. The zero-order chi connectivity index (χ0) is 9.03. The van der Waals surface area contributed by atoms with E-state index in [4.69, 9.17) is 4.55 Å². The fourth-order valence-corrected chi connectivity index (χ4v) is 0.741. The van der Waals surface area contributed by atoms with Crippen LogP contribution in [-0.4, -0.2) is 28.9 Å². The van der Waals surface area contributed by atoms with E-state index in [9.17, 15) is 8.42 Å². The van der Waals surface area contributed by atoms with Crippen LogP contribution in [0.25, 0.3) is 0 Å². The van der Waals surface area contributed by atoms with Crippen molar-refractivity contribution in [3.8, 4) is 6.01 Å². The van der Waals surface area contributed by atoms with E-state index in [0.717, 1.165) is 0 Å². The summed E-state index contributed by atoms with van der Waals surface area (Å²) >= 11 is 0. The van der Waals surface area contributed by atoms with Crippen molar-refractivity contribution in [2.24, 2.45) is 0 Å². The van der Waals surface area contributed by atoms with Gasteiger partial charge in [-0.15, -0.1) is 0 Å². The summed E-state index contributed by atoms with van der Waals surface area (Å²) in [5, 5.41) is 0. The lowest BCUT2D eigenvalue weighted by Crippen LogP contribution is -2.11. The summed E-state index contributed by atoms with van der Waals surface area (Å²) < 4.78 is 33.1. The Morgan fingerprint density at radius 2 is 2.00 bits per heavy atom. The van der Waals surface area contributed by atoms with E-state index in [1.165, 1.54) is 12.4 Å². The summed E-state index contributed by atoms with van der Waals surface area (Å²) in [6.45, 7) is 0. The van der Waals surface area contributed by atoms with Crippen LogP contribution in [0.2, 0.25) is 0 Å². The van der Waals surface area contributed by atoms with Crippen LogP contribution in [0.3, 0.4) is 0 Å². The molecule has 0 fully saturated rings. The van der Waals surface area contributed by atoms with E-state index >= 15 is 0 Å². The molecule has 0 aliphatic carbocycles. The maximum Gasteiger partial charge on any atom is 0.317 e. The highest BCUT2D eigenvalue weighted by molar-refractivity contribution is 7.85. The Morgan fingerprint density at radius 1 is 1.42 bits per heavy atom. The molecule has 1 rings (SSSR count). The van der Waals surface area contributed by atoms with Gasteiger partial charge in [-0.05, 0) is 6.07 Å². The summed E-state index contributed by atoms with van der Waals surface area (Å²) in [6.07, 6.45) is 2.79. The molecule has 0 saturated carbocycles. The molecule has 66 valence electrons. The molecule has 6 nitrogen and oxygen atoms in total. The van der Waals surface area contributed by atoms with Crippen LogP contribution in [-0.2, 0) is 10.1 Å².